The van der Waals surface area contributed by atoms with Crippen molar-refractivity contribution in [3.63, 3.8) is 0 Å². The van der Waals surface area contributed by atoms with Crippen molar-refractivity contribution in [1.29, 1.82) is 0 Å². The monoisotopic (exact) mass is 405 g/mol. The topological polar surface area (TPSA) is 46.6 Å². The van der Waals surface area contributed by atoms with Crippen LogP contribution in [0.2, 0.25) is 0 Å². The van der Waals surface area contributed by atoms with E-state index in [0.29, 0.717) is 18.2 Å². The average Bonchev–Trinajstić information content (AvgIpc) is 2.59. The van der Waals surface area contributed by atoms with Crippen molar-refractivity contribution in [2.75, 3.05) is 39.1 Å². The largest absolute Gasteiger partial charge is 0.409 e. The summed E-state index contributed by atoms with van der Waals surface area (Å²) >= 11 is 0. The van der Waals surface area contributed by atoms with Gasteiger partial charge in [-0.3, -0.25) is 0 Å². The van der Waals surface area contributed by atoms with Crippen molar-refractivity contribution >= 4 is 9.84 Å². The molecule has 4 nitrogen and oxygen atoms in total. The van der Waals surface area contributed by atoms with Crippen LogP contribution in [0.15, 0.2) is 35.2 Å². The predicted octanol–water partition coefficient (Wildman–Crippen LogP) is 3.71. The first-order valence-electron chi connectivity index (χ1n) is 8.92. The zero-order valence-electron chi connectivity index (χ0n) is 15.6. The number of piperidine rings is 1. The maximum atomic E-state index is 12.5. The van der Waals surface area contributed by atoms with E-state index in [-0.39, 0.29) is 16.9 Å². The molecule has 0 amide bonds. The van der Waals surface area contributed by atoms with Gasteiger partial charge < -0.3 is 9.64 Å². The Hall–Kier alpha value is -1.38. The van der Waals surface area contributed by atoms with Crippen molar-refractivity contribution < 1.29 is 26.3 Å². The van der Waals surface area contributed by atoms with Crippen LogP contribution in [0.1, 0.15) is 29.9 Å². The molecule has 0 unspecified atom stereocenters. The van der Waals surface area contributed by atoms with E-state index >= 15 is 0 Å². The quantitative estimate of drug-likeness (QED) is 0.649. The summed E-state index contributed by atoms with van der Waals surface area (Å²) in [5, 5.41) is 0. The van der Waals surface area contributed by atoms with Crippen LogP contribution in [0.25, 0.3) is 0 Å². The van der Waals surface area contributed by atoms with Crippen LogP contribution >= 0.6 is 0 Å². The number of allylic oxidation sites excluding steroid dienone is 1. The number of likely N-dealkylation sites (tertiary alicyclic amines) is 1. The number of hydrogen-bond acceptors (Lipinski definition) is 4. The maximum Gasteiger partial charge on any atom is 0.409 e. The summed E-state index contributed by atoms with van der Waals surface area (Å²) in [4.78, 5) is 2.44. The molecule has 1 fully saturated rings. The molecular weight excluding hydrogens is 379 g/mol. The number of rotatable bonds is 7. The van der Waals surface area contributed by atoms with Crippen LogP contribution < -0.4 is 0 Å². The van der Waals surface area contributed by atoms with Gasteiger partial charge in [-0.05, 0) is 56.0 Å². The van der Waals surface area contributed by atoms with Crippen LogP contribution in [0.3, 0.4) is 0 Å². The number of benzene rings is 1. The smallest absolute Gasteiger partial charge is 0.383 e. The summed E-state index contributed by atoms with van der Waals surface area (Å²) in [5.41, 5.74) is 1.62. The summed E-state index contributed by atoms with van der Waals surface area (Å²) < 4.78 is 66.8. The third-order valence-electron chi connectivity index (χ3n) is 4.92. The minimum Gasteiger partial charge on any atom is -0.383 e. The van der Waals surface area contributed by atoms with Crippen molar-refractivity contribution in [3.05, 3.63) is 41.5 Å². The van der Waals surface area contributed by atoms with E-state index in [9.17, 15) is 21.6 Å². The lowest BCUT2D eigenvalue weighted by atomic mass is 9.87. The lowest BCUT2D eigenvalue weighted by molar-refractivity contribution is -0.0799. The lowest BCUT2D eigenvalue weighted by Gasteiger charge is -2.32. The molecule has 1 saturated heterocycles. The average molecular weight is 405 g/mol. The van der Waals surface area contributed by atoms with Gasteiger partial charge in [-0.2, -0.15) is 13.2 Å². The molecule has 0 N–H and O–H groups in total. The van der Waals surface area contributed by atoms with Gasteiger partial charge in [-0.1, -0.05) is 18.2 Å². The number of hydrogen-bond donors (Lipinski definition) is 0. The van der Waals surface area contributed by atoms with Crippen molar-refractivity contribution in [1.82, 2.24) is 4.90 Å². The number of ether oxygens (including phenoxy) is 1. The predicted molar refractivity (Wildman–Crippen MR) is 98.7 cm³/mol. The van der Waals surface area contributed by atoms with Crippen LogP contribution in [-0.2, 0) is 14.6 Å². The Labute approximate surface area is 158 Å². The van der Waals surface area contributed by atoms with E-state index in [0.717, 1.165) is 38.0 Å². The highest BCUT2D eigenvalue weighted by molar-refractivity contribution is 7.91. The molecule has 0 atom stereocenters. The number of nitrogens with zero attached hydrogens (tertiary/aromatic N) is 1. The van der Waals surface area contributed by atoms with Crippen LogP contribution in [0.5, 0.6) is 0 Å². The van der Waals surface area contributed by atoms with Crippen LogP contribution in [0.4, 0.5) is 13.2 Å². The zero-order chi connectivity index (χ0) is 20.1. The van der Waals surface area contributed by atoms with Gasteiger partial charge in [0.1, 0.15) is 0 Å². The van der Waals surface area contributed by atoms with Crippen molar-refractivity contribution in [2.24, 2.45) is 0 Å². The first kappa shape index (κ1) is 21.9. The standard InChI is InChI=1S/C19H26F3NO3S/c1-15-17(16-7-10-23(11-8-16)12-13-26-2)5-3-6-18(15)27(24,25)14-4-9-19(20,21)22/h3-6,9,16H,7-8,10-14H2,1-2H3. The van der Waals surface area contributed by atoms with Crippen LogP contribution in [0, 0.1) is 6.92 Å². The second kappa shape index (κ2) is 9.21. The molecule has 1 aromatic carbocycles. The summed E-state index contributed by atoms with van der Waals surface area (Å²) in [6.07, 6.45) is -2.04. The molecule has 1 aliphatic rings. The van der Waals surface area contributed by atoms with E-state index in [4.69, 9.17) is 4.74 Å². The zero-order valence-corrected chi connectivity index (χ0v) is 16.4. The molecule has 0 aliphatic carbocycles. The number of halogens is 3. The Kier molecular flexibility index (Phi) is 7.47. The number of sulfone groups is 1. The highest BCUT2D eigenvalue weighted by atomic mass is 32.2. The molecule has 1 aromatic rings. The molecule has 0 spiro atoms. The molecule has 0 saturated carbocycles. The Morgan fingerprint density at radius 3 is 2.52 bits per heavy atom. The fourth-order valence-electron chi connectivity index (χ4n) is 3.50. The molecule has 27 heavy (non-hydrogen) atoms. The first-order valence-corrected chi connectivity index (χ1v) is 10.6. The van der Waals surface area contributed by atoms with E-state index in [1.807, 2.05) is 6.07 Å². The second-order valence-electron chi connectivity index (χ2n) is 6.80. The van der Waals surface area contributed by atoms with Gasteiger partial charge in [0, 0.05) is 19.7 Å². The molecule has 1 aliphatic heterocycles. The Morgan fingerprint density at radius 2 is 1.93 bits per heavy atom. The Bertz CT molecular complexity index is 752. The fraction of sp³-hybridized carbons (Fsp3) is 0.579. The van der Waals surface area contributed by atoms with E-state index in [2.05, 4.69) is 4.90 Å². The van der Waals surface area contributed by atoms with Crippen molar-refractivity contribution in [3.8, 4) is 0 Å². The van der Waals surface area contributed by atoms with E-state index in [1.54, 1.807) is 20.1 Å². The molecule has 0 bridgehead atoms. The van der Waals surface area contributed by atoms with E-state index in [1.165, 1.54) is 6.07 Å². The third kappa shape index (κ3) is 6.33. The molecule has 152 valence electrons. The summed E-state index contributed by atoms with van der Waals surface area (Å²) in [6.45, 7) is 5.13. The maximum absolute atomic E-state index is 12.5. The minimum atomic E-state index is -4.51. The van der Waals surface area contributed by atoms with Gasteiger partial charge in [-0.25, -0.2) is 8.42 Å². The second-order valence-corrected chi connectivity index (χ2v) is 8.81. The van der Waals surface area contributed by atoms with Crippen molar-refractivity contribution in [2.45, 2.75) is 36.8 Å². The highest BCUT2D eigenvalue weighted by Crippen LogP contribution is 2.33. The van der Waals surface area contributed by atoms with Gasteiger partial charge in [0.25, 0.3) is 0 Å². The highest BCUT2D eigenvalue weighted by Gasteiger charge is 2.26. The first-order chi connectivity index (χ1) is 12.6. The van der Waals surface area contributed by atoms with Gasteiger partial charge >= 0.3 is 6.18 Å². The lowest BCUT2D eigenvalue weighted by Crippen LogP contribution is -2.35. The number of alkyl halides is 3. The molecular formula is C19H26F3NO3S. The Balaban J connectivity index is 2.13. The molecule has 0 radical (unpaired) electrons. The molecule has 0 aromatic heterocycles. The molecule has 8 heteroatoms. The van der Waals surface area contributed by atoms with Gasteiger partial charge in [0.15, 0.2) is 9.84 Å². The van der Waals surface area contributed by atoms with Gasteiger partial charge in [-0.15, -0.1) is 0 Å². The Morgan fingerprint density at radius 1 is 1.26 bits per heavy atom. The minimum absolute atomic E-state index is 0.0283. The number of methoxy groups -OCH3 is 1. The fourth-order valence-corrected chi connectivity index (χ4v) is 4.90. The summed E-state index contributed by atoms with van der Waals surface area (Å²) in [7, 11) is -2.14. The summed E-state index contributed by atoms with van der Waals surface area (Å²) in [5.74, 6) is -0.406. The van der Waals surface area contributed by atoms with E-state index < -0.39 is 21.8 Å². The SMILES string of the molecule is COCCN1CCC(c2cccc(S(=O)(=O)CC=CC(F)(F)F)c2C)CC1. The van der Waals surface area contributed by atoms with Crippen LogP contribution in [-0.4, -0.2) is 58.6 Å². The third-order valence-corrected chi connectivity index (χ3v) is 6.67. The molecule has 2 rings (SSSR count). The molecule has 1 heterocycles. The normalized spacial score (nSPS) is 17.7. The van der Waals surface area contributed by atoms with Gasteiger partial charge in [0.05, 0.1) is 17.3 Å². The summed E-state index contributed by atoms with van der Waals surface area (Å²) in [6, 6.07) is 5.08. The van der Waals surface area contributed by atoms with Gasteiger partial charge in [0.2, 0.25) is 0 Å².